The molecule has 1 unspecified atom stereocenters. The van der Waals surface area contributed by atoms with Crippen LogP contribution in [0.4, 0.5) is 5.82 Å². The molecule has 102 valence electrons. The summed E-state index contributed by atoms with van der Waals surface area (Å²) < 4.78 is 5.25. The third kappa shape index (κ3) is 3.53. The zero-order valence-electron chi connectivity index (χ0n) is 11.6. The molecule has 0 bridgehead atoms. The van der Waals surface area contributed by atoms with Gasteiger partial charge in [0.2, 0.25) is 0 Å². The number of benzene rings is 1. The second-order valence-electron chi connectivity index (χ2n) is 4.51. The lowest BCUT2D eigenvalue weighted by atomic mass is 10.1. The number of methoxy groups -OCH3 is 1. The summed E-state index contributed by atoms with van der Waals surface area (Å²) in [6, 6.07) is 8.07. The van der Waals surface area contributed by atoms with Crippen molar-refractivity contribution >= 4 is 28.4 Å². The van der Waals surface area contributed by atoms with Crippen molar-refractivity contribution in [2.45, 2.75) is 18.6 Å². The quantitative estimate of drug-likeness (QED) is 0.870. The van der Waals surface area contributed by atoms with E-state index in [2.05, 4.69) is 29.5 Å². The van der Waals surface area contributed by atoms with Gasteiger partial charge in [-0.2, -0.15) is 11.8 Å². The van der Waals surface area contributed by atoms with Crippen molar-refractivity contribution in [3.05, 3.63) is 30.5 Å². The maximum Gasteiger partial charge on any atom is 0.133 e. The van der Waals surface area contributed by atoms with Crippen LogP contribution < -0.4 is 10.1 Å². The van der Waals surface area contributed by atoms with Crippen LogP contribution in [-0.4, -0.2) is 30.1 Å². The molecular formula is C15H20N2OS. The smallest absolute Gasteiger partial charge is 0.133 e. The van der Waals surface area contributed by atoms with E-state index in [1.165, 1.54) is 0 Å². The normalized spacial score (nSPS) is 12.4. The number of hydrogen-bond acceptors (Lipinski definition) is 4. The Labute approximate surface area is 118 Å². The number of pyridine rings is 1. The molecule has 0 aliphatic rings. The number of thioether (sulfide) groups is 1. The summed E-state index contributed by atoms with van der Waals surface area (Å²) in [5, 5.41) is 6.38. The number of aromatic nitrogens is 1. The number of ether oxygens (including phenoxy) is 1. The van der Waals surface area contributed by atoms with Crippen LogP contribution >= 0.6 is 11.8 Å². The lowest BCUT2D eigenvalue weighted by Gasteiger charge is -2.11. The van der Waals surface area contributed by atoms with Gasteiger partial charge in [-0.25, -0.2) is 4.98 Å². The van der Waals surface area contributed by atoms with Gasteiger partial charge in [-0.1, -0.05) is 6.92 Å². The maximum absolute atomic E-state index is 5.25. The fourth-order valence-corrected chi connectivity index (χ4v) is 2.29. The number of anilines is 1. The molecule has 1 N–H and O–H groups in total. The number of rotatable bonds is 6. The Bertz CT molecular complexity index is 545. The molecule has 0 radical (unpaired) electrons. The Morgan fingerprint density at radius 1 is 1.37 bits per heavy atom. The fraction of sp³-hybridized carbons (Fsp3) is 0.400. The van der Waals surface area contributed by atoms with Crippen molar-refractivity contribution in [1.29, 1.82) is 0 Å². The molecule has 1 heterocycles. The molecule has 1 aromatic carbocycles. The van der Waals surface area contributed by atoms with Gasteiger partial charge in [0.1, 0.15) is 11.6 Å². The second-order valence-corrected chi connectivity index (χ2v) is 5.78. The van der Waals surface area contributed by atoms with Crippen LogP contribution in [0.5, 0.6) is 5.75 Å². The molecule has 4 heteroatoms. The van der Waals surface area contributed by atoms with Crippen LogP contribution in [0.15, 0.2) is 30.5 Å². The summed E-state index contributed by atoms with van der Waals surface area (Å²) >= 11 is 1.89. The first kappa shape index (κ1) is 14.0. The monoisotopic (exact) mass is 276 g/mol. The number of hydrogen-bond donors (Lipinski definition) is 1. The van der Waals surface area contributed by atoms with Crippen LogP contribution in [0, 0.1) is 0 Å². The minimum absolute atomic E-state index is 0.669. The van der Waals surface area contributed by atoms with Gasteiger partial charge in [0.25, 0.3) is 0 Å². The molecule has 19 heavy (non-hydrogen) atoms. The van der Waals surface area contributed by atoms with Crippen molar-refractivity contribution in [3.8, 4) is 5.75 Å². The van der Waals surface area contributed by atoms with E-state index >= 15 is 0 Å². The third-order valence-electron chi connectivity index (χ3n) is 3.22. The molecule has 1 atom stereocenters. The van der Waals surface area contributed by atoms with Gasteiger partial charge in [-0.3, -0.25) is 0 Å². The third-order valence-corrected chi connectivity index (χ3v) is 4.26. The Hall–Kier alpha value is -1.42. The maximum atomic E-state index is 5.25. The lowest BCUT2D eigenvalue weighted by Crippen LogP contribution is -2.08. The van der Waals surface area contributed by atoms with Crippen LogP contribution in [0.1, 0.15) is 13.3 Å². The van der Waals surface area contributed by atoms with Crippen LogP contribution in [0.3, 0.4) is 0 Å². The average molecular weight is 276 g/mol. The first-order valence-electron chi connectivity index (χ1n) is 6.44. The van der Waals surface area contributed by atoms with Crippen LogP contribution in [-0.2, 0) is 0 Å². The molecule has 2 rings (SSSR count). The van der Waals surface area contributed by atoms with E-state index in [4.69, 9.17) is 4.74 Å². The van der Waals surface area contributed by atoms with E-state index in [0.717, 1.165) is 35.3 Å². The number of nitrogens with one attached hydrogen (secondary N) is 1. The van der Waals surface area contributed by atoms with Gasteiger partial charge >= 0.3 is 0 Å². The van der Waals surface area contributed by atoms with E-state index in [-0.39, 0.29) is 0 Å². The highest BCUT2D eigenvalue weighted by Gasteiger charge is 2.04. The molecule has 0 fully saturated rings. The summed E-state index contributed by atoms with van der Waals surface area (Å²) in [6.07, 6.45) is 5.12. The Balaban J connectivity index is 2.14. The topological polar surface area (TPSA) is 34.1 Å². The van der Waals surface area contributed by atoms with E-state index in [9.17, 15) is 0 Å². The van der Waals surface area contributed by atoms with Gasteiger partial charge in [0, 0.05) is 23.4 Å². The summed E-state index contributed by atoms with van der Waals surface area (Å²) in [7, 11) is 1.69. The van der Waals surface area contributed by atoms with E-state index in [1.807, 2.05) is 36.2 Å². The molecule has 0 aliphatic heterocycles. The molecule has 1 aromatic heterocycles. The minimum atomic E-state index is 0.669. The highest BCUT2D eigenvalue weighted by atomic mass is 32.2. The van der Waals surface area contributed by atoms with Gasteiger partial charge < -0.3 is 10.1 Å². The van der Waals surface area contributed by atoms with Crippen LogP contribution in [0.25, 0.3) is 10.8 Å². The van der Waals surface area contributed by atoms with Crippen molar-refractivity contribution in [2.75, 3.05) is 25.2 Å². The van der Waals surface area contributed by atoms with Gasteiger partial charge in [-0.05, 0) is 42.3 Å². The SMILES string of the molecule is COc1ccc2c(NCCC(C)SC)nccc2c1. The van der Waals surface area contributed by atoms with E-state index in [0.29, 0.717) is 5.25 Å². The van der Waals surface area contributed by atoms with Crippen molar-refractivity contribution in [2.24, 2.45) is 0 Å². The Kier molecular flexibility index (Phi) is 4.91. The zero-order chi connectivity index (χ0) is 13.7. The predicted octanol–water partition coefficient (Wildman–Crippen LogP) is 3.80. The minimum Gasteiger partial charge on any atom is -0.497 e. The predicted molar refractivity (Wildman–Crippen MR) is 84.4 cm³/mol. The van der Waals surface area contributed by atoms with Crippen molar-refractivity contribution in [3.63, 3.8) is 0 Å². The summed E-state index contributed by atoms with van der Waals surface area (Å²) in [4.78, 5) is 4.43. The number of fused-ring (bicyclic) bond motifs is 1. The van der Waals surface area contributed by atoms with Crippen LogP contribution in [0.2, 0.25) is 0 Å². The average Bonchev–Trinajstić information content (AvgIpc) is 2.46. The summed E-state index contributed by atoms with van der Waals surface area (Å²) in [5.41, 5.74) is 0. The van der Waals surface area contributed by atoms with Gasteiger partial charge in [-0.15, -0.1) is 0 Å². The molecule has 0 aliphatic carbocycles. The molecule has 3 nitrogen and oxygen atoms in total. The molecule has 0 amide bonds. The number of nitrogens with zero attached hydrogens (tertiary/aromatic N) is 1. The highest BCUT2D eigenvalue weighted by Crippen LogP contribution is 2.25. The molecule has 0 spiro atoms. The van der Waals surface area contributed by atoms with Crippen molar-refractivity contribution in [1.82, 2.24) is 4.98 Å². The summed E-state index contributed by atoms with van der Waals surface area (Å²) in [6.45, 7) is 3.19. The highest BCUT2D eigenvalue weighted by molar-refractivity contribution is 7.99. The fourth-order valence-electron chi connectivity index (χ4n) is 1.94. The summed E-state index contributed by atoms with van der Waals surface area (Å²) in [5.74, 6) is 1.83. The first-order valence-corrected chi connectivity index (χ1v) is 7.73. The Morgan fingerprint density at radius 3 is 2.95 bits per heavy atom. The first-order chi connectivity index (χ1) is 9.24. The second kappa shape index (κ2) is 6.66. The molecule has 2 aromatic rings. The van der Waals surface area contributed by atoms with E-state index < -0.39 is 0 Å². The largest absolute Gasteiger partial charge is 0.497 e. The van der Waals surface area contributed by atoms with Crippen molar-refractivity contribution < 1.29 is 4.74 Å². The van der Waals surface area contributed by atoms with Gasteiger partial charge in [0.05, 0.1) is 7.11 Å². The molecule has 0 saturated carbocycles. The van der Waals surface area contributed by atoms with E-state index in [1.54, 1.807) is 7.11 Å². The lowest BCUT2D eigenvalue weighted by molar-refractivity contribution is 0.415. The standard InChI is InChI=1S/C15H20N2OS/c1-11(19-3)6-8-16-15-14-5-4-13(18-2)10-12(14)7-9-17-15/h4-5,7,9-11H,6,8H2,1-3H3,(H,16,17). The zero-order valence-corrected chi connectivity index (χ0v) is 12.5. The van der Waals surface area contributed by atoms with Gasteiger partial charge in [0.15, 0.2) is 0 Å². The molecular weight excluding hydrogens is 256 g/mol. The molecule has 0 saturated heterocycles. The Morgan fingerprint density at radius 2 is 2.21 bits per heavy atom.